The van der Waals surface area contributed by atoms with Crippen molar-refractivity contribution >= 4 is 5.82 Å². The monoisotopic (exact) mass is 230 g/mol. The summed E-state index contributed by atoms with van der Waals surface area (Å²) in [5.74, 6) is 0.707. The minimum atomic E-state index is -0.119. The second-order valence-corrected chi connectivity index (χ2v) is 4.11. The molecule has 3 heteroatoms. The van der Waals surface area contributed by atoms with Gasteiger partial charge >= 0.3 is 0 Å². The van der Waals surface area contributed by atoms with E-state index in [2.05, 4.69) is 10.3 Å². The van der Waals surface area contributed by atoms with Gasteiger partial charge in [0.2, 0.25) is 0 Å². The third kappa shape index (κ3) is 2.81. The van der Waals surface area contributed by atoms with Crippen LogP contribution in [0.15, 0.2) is 36.5 Å². The zero-order valence-electron chi connectivity index (χ0n) is 10.00. The normalized spacial score (nSPS) is 10.3. The third-order valence-corrected chi connectivity index (χ3v) is 2.63. The predicted molar refractivity (Wildman–Crippen MR) is 67.4 cm³/mol. The van der Waals surface area contributed by atoms with Gasteiger partial charge in [-0.2, -0.15) is 0 Å². The van der Waals surface area contributed by atoms with Crippen molar-refractivity contribution in [3.05, 3.63) is 59.0 Å². The lowest BCUT2D eigenvalue weighted by molar-refractivity contribution is 0.608. The van der Waals surface area contributed by atoms with Crippen molar-refractivity contribution in [2.24, 2.45) is 0 Å². The second-order valence-electron chi connectivity index (χ2n) is 4.11. The fourth-order valence-corrected chi connectivity index (χ4v) is 1.80. The summed E-state index contributed by atoms with van der Waals surface area (Å²) >= 11 is 0. The first kappa shape index (κ1) is 11.6. The Bertz CT molecular complexity index is 486. The fraction of sp³-hybridized carbons (Fsp3) is 0.214. The molecule has 0 amide bonds. The number of nitrogens with one attached hydrogen (secondary N) is 1. The van der Waals surface area contributed by atoms with E-state index >= 15 is 0 Å². The van der Waals surface area contributed by atoms with Crippen LogP contribution in [0.4, 0.5) is 10.2 Å². The quantitative estimate of drug-likeness (QED) is 0.873. The summed E-state index contributed by atoms with van der Waals surface area (Å²) in [5.41, 5.74) is 2.43. The van der Waals surface area contributed by atoms with Gasteiger partial charge in [0.25, 0.3) is 0 Å². The topological polar surface area (TPSA) is 24.9 Å². The van der Waals surface area contributed by atoms with Crippen LogP contribution in [-0.2, 0) is 6.54 Å². The van der Waals surface area contributed by atoms with E-state index in [0.29, 0.717) is 17.7 Å². The number of halogens is 1. The van der Waals surface area contributed by atoms with E-state index in [9.17, 15) is 4.39 Å². The van der Waals surface area contributed by atoms with E-state index in [4.69, 9.17) is 0 Å². The summed E-state index contributed by atoms with van der Waals surface area (Å²) in [6.45, 7) is 4.22. The van der Waals surface area contributed by atoms with Crippen molar-refractivity contribution < 1.29 is 4.39 Å². The molecule has 0 fully saturated rings. The molecule has 1 N–H and O–H groups in total. The molecule has 1 aromatic carbocycles. The molecule has 0 aliphatic heterocycles. The maximum absolute atomic E-state index is 13.4. The minimum absolute atomic E-state index is 0.119. The van der Waals surface area contributed by atoms with Crippen molar-refractivity contribution in [3.63, 3.8) is 0 Å². The molecule has 0 radical (unpaired) electrons. The fourth-order valence-electron chi connectivity index (χ4n) is 1.80. The van der Waals surface area contributed by atoms with Crippen LogP contribution in [0.3, 0.4) is 0 Å². The molecule has 17 heavy (non-hydrogen) atoms. The standard InChI is InChI=1S/C14H15FN2/c1-10-7-12(8-11(2)14(10)15)9-17-13-5-3-4-6-16-13/h3-8H,9H2,1-2H3,(H,16,17). The van der Waals surface area contributed by atoms with E-state index in [1.54, 1.807) is 20.0 Å². The summed E-state index contributed by atoms with van der Waals surface area (Å²) in [7, 11) is 0. The molecule has 1 heterocycles. The highest BCUT2D eigenvalue weighted by Crippen LogP contribution is 2.15. The van der Waals surface area contributed by atoms with Gasteiger partial charge in [0.1, 0.15) is 11.6 Å². The van der Waals surface area contributed by atoms with Gasteiger partial charge in [-0.05, 0) is 42.7 Å². The van der Waals surface area contributed by atoms with E-state index in [1.807, 2.05) is 30.3 Å². The highest BCUT2D eigenvalue weighted by molar-refractivity contribution is 5.37. The highest BCUT2D eigenvalue weighted by atomic mass is 19.1. The molecule has 2 nitrogen and oxygen atoms in total. The highest BCUT2D eigenvalue weighted by Gasteiger charge is 2.04. The van der Waals surface area contributed by atoms with Crippen molar-refractivity contribution in [2.45, 2.75) is 20.4 Å². The van der Waals surface area contributed by atoms with Crippen molar-refractivity contribution in [1.82, 2.24) is 4.98 Å². The molecule has 0 saturated carbocycles. The number of anilines is 1. The number of hydrogen-bond donors (Lipinski definition) is 1. The molecule has 2 rings (SSSR count). The average molecular weight is 230 g/mol. The lowest BCUT2D eigenvalue weighted by Crippen LogP contribution is -2.02. The van der Waals surface area contributed by atoms with Gasteiger partial charge in [-0.3, -0.25) is 0 Å². The number of hydrogen-bond acceptors (Lipinski definition) is 2. The first-order valence-electron chi connectivity index (χ1n) is 5.57. The Morgan fingerprint density at radius 2 is 1.88 bits per heavy atom. The molecular weight excluding hydrogens is 215 g/mol. The third-order valence-electron chi connectivity index (χ3n) is 2.63. The van der Waals surface area contributed by atoms with Crippen molar-refractivity contribution in [3.8, 4) is 0 Å². The van der Waals surface area contributed by atoms with Crippen LogP contribution < -0.4 is 5.32 Å². The van der Waals surface area contributed by atoms with Gasteiger partial charge in [0, 0.05) is 12.7 Å². The summed E-state index contributed by atoms with van der Waals surface area (Å²) in [5, 5.41) is 3.20. The van der Waals surface area contributed by atoms with Crippen LogP contribution in [0.5, 0.6) is 0 Å². The van der Waals surface area contributed by atoms with Crippen LogP contribution in [-0.4, -0.2) is 4.98 Å². The number of aryl methyl sites for hydroxylation is 2. The SMILES string of the molecule is Cc1cc(CNc2ccccn2)cc(C)c1F. The second kappa shape index (κ2) is 4.95. The van der Waals surface area contributed by atoms with E-state index in [-0.39, 0.29) is 5.82 Å². The summed E-state index contributed by atoms with van der Waals surface area (Å²) in [6.07, 6.45) is 1.74. The number of nitrogens with zero attached hydrogens (tertiary/aromatic N) is 1. The van der Waals surface area contributed by atoms with Gasteiger partial charge < -0.3 is 5.32 Å². The number of pyridine rings is 1. The molecule has 2 aromatic rings. The predicted octanol–water partition coefficient (Wildman–Crippen LogP) is 3.45. The van der Waals surface area contributed by atoms with Crippen LogP contribution in [0.25, 0.3) is 0 Å². The van der Waals surface area contributed by atoms with Crippen molar-refractivity contribution in [2.75, 3.05) is 5.32 Å². The molecular formula is C14H15FN2. The zero-order chi connectivity index (χ0) is 12.3. The van der Waals surface area contributed by atoms with Gasteiger partial charge in [0.05, 0.1) is 0 Å². The molecule has 0 atom stereocenters. The van der Waals surface area contributed by atoms with Crippen LogP contribution in [0.1, 0.15) is 16.7 Å². The maximum atomic E-state index is 13.4. The van der Waals surface area contributed by atoms with Gasteiger partial charge in [-0.15, -0.1) is 0 Å². The van der Waals surface area contributed by atoms with E-state index < -0.39 is 0 Å². The number of rotatable bonds is 3. The smallest absolute Gasteiger partial charge is 0.129 e. The number of aromatic nitrogens is 1. The molecule has 88 valence electrons. The summed E-state index contributed by atoms with van der Waals surface area (Å²) in [6, 6.07) is 9.42. The average Bonchev–Trinajstić information content (AvgIpc) is 2.34. The summed E-state index contributed by atoms with van der Waals surface area (Å²) in [4.78, 5) is 4.17. The molecule has 0 saturated heterocycles. The van der Waals surface area contributed by atoms with Gasteiger partial charge in [-0.25, -0.2) is 9.37 Å². The zero-order valence-corrected chi connectivity index (χ0v) is 10.00. The Balaban J connectivity index is 2.10. The first-order chi connectivity index (χ1) is 8.16. The minimum Gasteiger partial charge on any atom is -0.366 e. The summed E-state index contributed by atoms with van der Waals surface area (Å²) < 4.78 is 13.4. The van der Waals surface area contributed by atoms with E-state index in [0.717, 1.165) is 11.4 Å². The largest absolute Gasteiger partial charge is 0.366 e. The molecule has 0 unspecified atom stereocenters. The lowest BCUT2D eigenvalue weighted by Gasteiger charge is -2.08. The lowest BCUT2D eigenvalue weighted by atomic mass is 10.1. The van der Waals surface area contributed by atoms with Gasteiger partial charge in [-0.1, -0.05) is 18.2 Å². The van der Waals surface area contributed by atoms with Crippen LogP contribution >= 0.6 is 0 Å². The molecule has 0 spiro atoms. The van der Waals surface area contributed by atoms with Gasteiger partial charge in [0.15, 0.2) is 0 Å². The Hall–Kier alpha value is -1.90. The first-order valence-corrected chi connectivity index (χ1v) is 5.57. The van der Waals surface area contributed by atoms with Crippen LogP contribution in [0, 0.1) is 19.7 Å². The molecule has 0 aliphatic carbocycles. The Morgan fingerprint density at radius 1 is 1.18 bits per heavy atom. The number of benzene rings is 1. The van der Waals surface area contributed by atoms with Crippen LogP contribution in [0.2, 0.25) is 0 Å². The Morgan fingerprint density at radius 3 is 2.47 bits per heavy atom. The Labute approximate surface area is 101 Å². The van der Waals surface area contributed by atoms with E-state index in [1.165, 1.54) is 0 Å². The molecule has 0 aliphatic rings. The maximum Gasteiger partial charge on any atom is 0.129 e. The molecule has 1 aromatic heterocycles. The molecule has 0 bridgehead atoms. The Kier molecular flexibility index (Phi) is 3.38. The van der Waals surface area contributed by atoms with Crippen molar-refractivity contribution in [1.29, 1.82) is 0 Å².